The van der Waals surface area contributed by atoms with Gasteiger partial charge >= 0.3 is 19.6 Å². The fraction of sp³-hybridized carbons (Fsp3) is 0.472. The molecule has 1 saturated carbocycles. The van der Waals surface area contributed by atoms with Crippen molar-refractivity contribution in [1.29, 1.82) is 0 Å². The zero-order valence-corrected chi connectivity index (χ0v) is 31.8. The summed E-state index contributed by atoms with van der Waals surface area (Å²) in [7, 11) is -1.81. The summed E-state index contributed by atoms with van der Waals surface area (Å²) < 4.78 is 42.3. The standard InChI is InChI=1S/C36H50N7O10P/c1-6-51-33(45)26(18-23-14-10-8-11-15-23)42-54(48,43-27(34(46)52-7-2)19-24-16-12-9-13-17-24)53-21-28(49-4)30(44)36(47)22(3)25(36)20-39-29-31(37)40-35(38)41-32(29)50-5/h8-17,20,22,25-28,30,44,47H,6-7,18-19,21H2,1-5H3,(H2,42,43,48)(H4,37,38,40,41)/b39-20-/t22?,25?,26-,27?,28?,30?,36?,54?/m0/s1. The van der Waals surface area contributed by atoms with Gasteiger partial charge in [-0.3, -0.25) is 19.1 Å². The molecule has 8 N–H and O–H groups in total. The molecule has 7 unspecified atom stereocenters. The van der Waals surface area contributed by atoms with E-state index in [-0.39, 0.29) is 49.4 Å². The van der Waals surface area contributed by atoms with E-state index >= 15 is 0 Å². The van der Waals surface area contributed by atoms with Gasteiger partial charge < -0.3 is 45.2 Å². The van der Waals surface area contributed by atoms with Crippen LogP contribution in [-0.2, 0) is 45.7 Å². The maximum absolute atomic E-state index is 14.9. The third kappa shape index (κ3) is 10.6. The van der Waals surface area contributed by atoms with Crippen molar-refractivity contribution in [3.63, 3.8) is 0 Å². The molecule has 0 bridgehead atoms. The van der Waals surface area contributed by atoms with E-state index in [2.05, 4.69) is 25.1 Å². The van der Waals surface area contributed by atoms with Crippen LogP contribution in [0.4, 0.5) is 17.5 Å². The molecular weight excluding hydrogens is 721 g/mol. The molecule has 1 heterocycles. The molecule has 3 aromatic rings. The molecule has 4 rings (SSSR count). The number of hydrogen-bond acceptors (Lipinski definition) is 15. The highest BCUT2D eigenvalue weighted by Crippen LogP contribution is 2.53. The van der Waals surface area contributed by atoms with E-state index < -0.39 is 67.9 Å². The molecule has 18 heteroatoms. The van der Waals surface area contributed by atoms with Crippen molar-refractivity contribution in [2.45, 2.75) is 63.5 Å². The summed E-state index contributed by atoms with van der Waals surface area (Å²) in [5.74, 6) is -2.79. The lowest BCUT2D eigenvalue weighted by Crippen LogP contribution is -2.48. The number of benzene rings is 2. The zero-order chi connectivity index (χ0) is 39.5. The first-order valence-electron chi connectivity index (χ1n) is 17.5. The Kier molecular flexibility index (Phi) is 15.0. The van der Waals surface area contributed by atoms with Crippen LogP contribution in [0.2, 0.25) is 0 Å². The molecule has 0 aliphatic heterocycles. The average Bonchev–Trinajstić information content (AvgIpc) is 3.69. The summed E-state index contributed by atoms with van der Waals surface area (Å²) in [6, 6.07) is 15.6. The summed E-state index contributed by atoms with van der Waals surface area (Å²) in [6.07, 6.45) is -1.36. The molecule has 0 amide bonds. The minimum atomic E-state index is -4.45. The largest absolute Gasteiger partial charge is 0.479 e. The van der Waals surface area contributed by atoms with Gasteiger partial charge in [0.2, 0.25) is 11.8 Å². The van der Waals surface area contributed by atoms with E-state index in [0.29, 0.717) is 0 Å². The highest BCUT2D eigenvalue weighted by Gasteiger charge is 2.66. The quantitative estimate of drug-likeness (QED) is 0.0517. The minimum absolute atomic E-state index is 0.0225. The Balaban J connectivity index is 1.62. The van der Waals surface area contributed by atoms with Gasteiger partial charge in [0, 0.05) is 19.2 Å². The SMILES string of the molecule is CCOC(=O)C(Cc1ccccc1)NP(=O)(N[C@@H](Cc1ccccc1)C(=O)OCC)OCC(OC)C(O)C1(O)C(C)C1/C=N\c1c(N)nc(N)nc1OC. The monoisotopic (exact) mass is 771 g/mol. The fourth-order valence-corrected chi connectivity index (χ4v) is 7.83. The van der Waals surface area contributed by atoms with Crippen LogP contribution in [0.5, 0.6) is 5.88 Å². The second-order valence-corrected chi connectivity index (χ2v) is 14.5. The van der Waals surface area contributed by atoms with Gasteiger partial charge in [0.15, 0.2) is 11.5 Å². The first-order chi connectivity index (χ1) is 25.8. The molecule has 17 nitrogen and oxygen atoms in total. The van der Waals surface area contributed by atoms with Crippen LogP contribution in [0.1, 0.15) is 31.9 Å². The molecule has 0 saturated heterocycles. The second-order valence-electron chi connectivity index (χ2n) is 12.6. The maximum Gasteiger partial charge on any atom is 0.342 e. The summed E-state index contributed by atoms with van der Waals surface area (Å²) in [6.45, 7) is 4.51. The number of esters is 2. The number of aromatic nitrogens is 2. The van der Waals surface area contributed by atoms with Crippen LogP contribution in [0, 0.1) is 11.8 Å². The first kappa shape index (κ1) is 42.3. The Morgan fingerprint density at radius 3 is 1.93 bits per heavy atom. The van der Waals surface area contributed by atoms with Crippen LogP contribution in [0.3, 0.4) is 0 Å². The maximum atomic E-state index is 14.9. The van der Waals surface area contributed by atoms with Gasteiger partial charge in [0.25, 0.3) is 0 Å². The van der Waals surface area contributed by atoms with E-state index in [1.165, 1.54) is 20.4 Å². The summed E-state index contributed by atoms with van der Waals surface area (Å²) in [5, 5.41) is 28.8. The molecule has 1 fully saturated rings. The number of nitrogens with two attached hydrogens (primary N) is 2. The van der Waals surface area contributed by atoms with Crippen molar-refractivity contribution in [2.75, 3.05) is 45.5 Å². The van der Waals surface area contributed by atoms with Gasteiger partial charge in [-0.1, -0.05) is 67.6 Å². The number of aliphatic hydroxyl groups is 2. The number of nitrogen functional groups attached to an aromatic ring is 2. The predicted octanol–water partition coefficient (Wildman–Crippen LogP) is 2.38. The topological polar surface area (TPSA) is 252 Å². The number of aliphatic hydroxyl groups excluding tert-OH is 1. The Morgan fingerprint density at radius 1 is 0.944 bits per heavy atom. The molecule has 1 aromatic heterocycles. The third-order valence-corrected chi connectivity index (χ3v) is 10.9. The lowest BCUT2D eigenvalue weighted by atomic mass is 10.0. The molecule has 54 heavy (non-hydrogen) atoms. The highest BCUT2D eigenvalue weighted by molar-refractivity contribution is 7.54. The Labute approximate surface area is 314 Å². The van der Waals surface area contributed by atoms with Gasteiger partial charge in [-0.25, -0.2) is 10.2 Å². The van der Waals surface area contributed by atoms with E-state index in [1.54, 1.807) is 69.3 Å². The lowest BCUT2D eigenvalue weighted by molar-refractivity contribution is -0.145. The van der Waals surface area contributed by atoms with E-state index in [1.807, 2.05) is 12.1 Å². The van der Waals surface area contributed by atoms with Gasteiger partial charge in [0.1, 0.15) is 29.9 Å². The number of anilines is 2. The normalized spacial score (nSPS) is 21.4. The number of methoxy groups -OCH3 is 2. The van der Waals surface area contributed by atoms with Gasteiger partial charge in [-0.2, -0.15) is 9.97 Å². The number of rotatable bonds is 21. The van der Waals surface area contributed by atoms with Crippen LogP contribution in [0.15, 0.2) is 65.7 Å². The van der Waals surface area contributed by atoms with E-state index in [0.717, 1.165) is 11.1 Å². The van der Waals surface area contributed by atoms with E-state index in [4.69, 9.17) is 34.9 Å². The van der Waals surface area contributed by atoms with Crippen molar-refractivity contribution < 1.29 is 47.8 Å². The molecule has 8 atom stereocenters. The van der Waals surface area contributed by atoms with Crippen LogP contribution < -0.4 is 26.4 Å². The van der Waals surface area contributed by atoms with Crippen molar-refractivity contribution in [3.05, 3.63) is 71.8 Å². The molecule has 0 spiro atoms. The predicted molar refractivity (Wildman–Crippen MR) is 201 cm³/mol. The molecular formula is C36H50N7O10P. The first-order valence-corrected chi connectivity index (χ1v) is 19.1. The molecule has 1 aliphatic rings. The lowest BCUT2D eigenvalue weighted by Gasteiger charge is -2.31. The van der Waals surface area contributed by atoms with Crippen LogP contribution >= 0.6 is 7.67 Å². The van der Waals surface area contributed by atoms with E-state index in [9.17, 15) is 24.4 Å². The number of nitrogens with zero attached hydrogens (tertiary/aromatic N) is 3. The summed E-state index contributed by atoms with van der Waals surface area (Å²) in [5.41, 5.74) is 11.4. The Bertz CT molecular complexity index is 1700. The van der Waals surface area contributed by atoms with Gasteiger partial charge in [-0.05, 0) is 43.7 Å². The summed E-state index contributed by atoms with van der Waals surface area (Å²) in [4.78, 5) is 38.7. The number of nitrogens with one attached hydrogen (secondary N) is 2. The number of hydrogen-bond donors (Lipinski definition) is 6. The summed E-state index contributed by atoms with van der Waals surface area (Å²) >= 11 is 0. The molecule has 1 aliphatic carbocycles. The van der Waals surface area contributed by atoms with Crippen LogP contribution in [0.25, 0.3) is 0 Å². The molecule has 0 radical (unpaired) electrons. The third-order valence-electron chi connectivity index (χ3n) is 9.06. The van der Waals surface area contributed by atoms with Crippen molar-refractivity contribution in [2.24, 2.45) is 16.8 Å². The second kappa shape index (κ2) is 19.2. The smallest absolute Gasteiger partial charge is 0.342 e. The van der Waals surface area contributed by atoms with Crippen molar-refractivity contribution in [1.82, 2.24) is 20.1 Å². The molecule has 294 valence electrons. The van der Waals surface area contributed by atoms with Crippen molar-refractivity contribution >= 4 is 43.3 Å². The highest BCUT2D eigenvalue weighted by atomic mass is 31.2. The van der Waals surface area contributed by atoms with Crippen molar-refractivity contribution in [3.8, 4) is 5.88 Å². The average molecular weight is 772 g/mol. The Hall–Kier alpha value is -4.48. The minimum Gasteiger partial charge on any atom is -0.479 e. The number of carbonyl (C=O) groups is 2. The molecule has 2 aromatic carbocycles. The zero-order valence-electron chi connectivity index (χ0n) is 31.0. The van der Waals surface area contributed by atoms with Gasteiger partial charge in [-0.15, -0.1) is 0 Å². The van der Waals surface area contributed by atoms with Crippen LogP contribution in [-0.4, -0.2) is 102 Å². The number of ether oxygens (including phenoxy) is 4. The number of carbonyl (C=O) groups excluding carboxylic acids is 2. The Morgan fingerprint density at radius 2 is 1.46 bits per heavy atom. The fourth-order valence-electron chi connectivity index (χ4n) is 6.04. The van der Waals surface area contributed by atoms with Gasteiger partial charge in [0.05, 0.1) is 26.9 Å². The number of aliphatic imine (C=N–C) groups is 1.